The summed E-state index contributed by atoms with van der Waals surface area (Å²) in [5, 5.41) is 5.41. The van der Waals surface area contributed by atoms with E-state index in [9.17, 15) is 4.79 Å². The van der Waals surface area contributed by atoms with Gasteiger partial charge >= 0.3 is 0 Å². The van der Waals surface area contributed by atoms with Gasteiger partial charge in [-0.15, -0.1) is 0 Å². The van der Waals surface area contributed by atoms with Crippen molar-refractivity contribution in [3.8, 4) is 23.1 Å². The lowest BCUT2D eigenvalue weighted by Gasteiger charge is -2.26. The molecule has 1 aliphatic heterocycles. The highest BCUT2D eigenvalue weighted by Crippen LogP contribution is 2.36. The second-order valence-corrected chi connectivity index (χ2v) is 9.63. The van der Waals surface area contributed by atoms with Gasteiger partial charge in [-0.25, -0.2) is 4.68 Å². The van der Waals surface area contributed by atoms with Crippen LogP contribution in [0.25, 0.3) is 5.69 Å². The maximum absolute atomic E-state index is 13.7. The summed E-state index contributed by atoms with van der Waals surface area (Å²) >= 11 is 6.08. The molecule has 8 heteroatoms. The summed E-state index contributed by atoms with van der Waals surface area (Å²) in [5.74, 6) is 1.58. The Labute approximate surface area is 227 Å². The third-order valence-electron chi connectivity index (χ3n) is 6.59. The molecule has 0 aliphatic carbocycles. The number of amides is 1. The molecule has 2 heterocycles. The van der Waals surface area contributed by atoms with Crippen molar-refractivity contribution in [2.24, 2.45) is 0 Å². The lowest BCUT2D eigenvalue weighted by atomic mass is 10.1. The van der Waals surface area contributed by atoms with E-state index < -0.39 is 0 Å². The number of hydrogen-bond acceptors (Lipinski definition) is 5. The topological polar surface area (TPSA) is 65.8 Å². The molecule has 0 saturated carbocycles. The van der Waals surface area contributed by atoms with E-state index in [1.54, 1.807) is 36.1 Å². The Hall–Kier alpha value is -3.81. The summed E-state index contributed by atoms with van der Waals surface area (Å²) in [6.07, 6.45) is 1.88. The summed E-state index contributed by atoms with van der Waals surface area (Å²) in [4.78, 5) is 15.6. The second-order valence-electron chi connectivity index (χ2n) is 9.20. The minimum atomic E-state index is -0.104. The Morgan fingerprint density at radius 1 is 1.05 bits per heavy atom. The molecule has 4 aromatic rings. The van der Waals surface area contributed by atoms with Gasteiger partial charge in [-0.3, -0.25) is 4.79 Å². The molecule has 1 aliphatic rings. The second kappa shape index (κ2) is 11.7. The number of carbonyl (C=O) groups excluding carboxylic acids is 1. The molecule has 1 aromatic heterocycles. The van der Waals surface area contributed by atoms with Crippen LogP contribution in [0, 0.1) is 6.92 Å². The molecule has 38 heavy (non-hydrogen) atoms. The van der Waals surface area contributed by atoms with Gasteiger partial charge in [-0.05, 0) is 68.3 Å². The molecule has 1 fully saturated rings. The van der Waals surface area contributed by atoms with Gasteiger partial charge in [0.2, 0.25) is 5.88 Å². The standard InChI is InChI=1S/C30H30ClN3O4/c1-21-26(20-33(19-25-11-8-18-37-25)29(35)22-14-16-23(31)17-15-22)30(34(32-21)24-9-4-3-5-10-24)38-28-13-7-6-12-27(28)36-2/h3-7,9-10,12-17,25H,8,11,18-20H2,1-2H3/t25-/m1/s1. The van der Waals surface area contributed by atoms with Crippen molar-refractivity contribution in [3.63, 3.8) is 0 Å². The van der Waals surface area contributed by atoms with Crippen LogP contribution in [0.3, 0.4) is 0 Å². The fraction of sp³-hybridized carbons (Fsp3) is 0.267. The van der Waals surface area contributed by atoms with E-state index >= 15 is 0 Å². The van der Waals surface area contributed by atoms with E-state index in [1.807, 2.05) is 66.4 Å². The van der Waals surface area contributed by atoms with Gasteiger partial charge in [0, 0.05) is 23.7 Å². The van der Waals surface area contributed by atoms with E-state index in [2.05, 4.69) is 0 Å². The quantitative estimate of drug-likeness (QED) is 0.248. The Bertz CT molecular complexity index is 1380. The Balaban J connectivity index is 1.56. The number of hydrogen-bond donors (Lipinski definition) is 0. The van der Waals surface area contributed by atoms with Crippen LogP contribution in [-0.2, 0) is 11.3 Å². The predicted octanol–water partition coefficient (Wildman–Crippen LogP) is 6.46. The fourth-order valence-corrected chi connectivity index (χ4v) is 4.72. The summed E-state index contributed by atoms with van der Waals surface area (Å²) in [6, 6.07) is 24.2. The zero-order valence-electron chi connectivity index (χ0n) is 21.5. The number of benzene rings is 3. The molecule has 0 radical (unpaired) electrons. The first-order chi connectivity index (χ1) is 18.5. The van der Waals surface area contributed by atoms with Crippen LogP contribution in [0.2, 0.25) is 5.02 Å². The SMILES string of the molecule is COc1ccccc1Oc1c(CN(C[C@H]2CCCO2)C(=O)c2ccc(Cl)cc2)c(C)nn1-c1ccccc1. The van der Waals surface area contributed by atoms with Crippen LogP contribution in [0.5, 0.6) is 17.4 Å². The maximum Gasteiger partial charge on any atom is 0.254 e. The van der Waals surface area contributed by atoms with Gasteiger partial charge in [0.15, 0.2) is 11.5 Å². The third kappa shape index (κ3) is 5.69. The van der Waals surface area contributed by atoms with Gasteiger partial charge in [0.1, 0.15) is 0 Å². The van der Waals surface area contributed by atoms with Crippen molar-refractivity contribution in [3.05, 3.63) is 101 Å². The van der Waals surface area contributed by atoms with Crippen LogP contribution >= 0.6 is 11.6 Å². The number of nitrogens with zero attached hydrogens (tertiary/aromatic N) is 3. The third-order valence-corrected chi connectivity index (χ3v) is 6.84. The van der Waals surface area contributed by atoms with E-state index in [0.717, 1.165) is 29.8 Å². The zero-order chi connectivity index (χ0) is 26.5. The molecule has 196 valence electrons. The van der Waals surface area contributed by atoms with Crippen LogP contribution in [0.1, 0.15) is 34.5 Å². The van der Waals surface area contributed by atoms with Crippen molar-refractivity contribution in [1.82, 2.24) is 14.7 Å². The van der Waals surface area contributed by atoms with Crippen LogP contribution < -0.4 is 9.47 Å². The molecule has 5 rings (SSSR count). The van der Waals surface area contributed by atoms with Crippen molar-refractivity contribution in [2.75, 3.05) is 20.3 Å². The Morgan fingerprint density at radius 2 is 1.76 bits per heavy atom. The maximum atomic E-state index is 13.7. The fourth-order valence-electron chi connectivity index (χ4n) is 4.60. The zero-order valence-corrected chi connectivity index (χ0v) is 22.2. The molecule has 0 spiro atoms. The molecule has 1 saturated heterocycles. The van der Waals surface area contributed by atoms with Crippen molar-refractivity contribution in [1.29, 1.82) is 0 Å². The van der Waals surface area contributed by atoms with Gasteiger partial charge in [0.05, 0.1) is 36.7 Å². The van der Waals surface area contributed by atoms with Gasteiger partial charge in [-0.1, -0.05) is 41.9 Å². The summed E-state index contributed by atoms with van der Waals surface area (Å²) < 4.78 is 19.7. The number of rotatable bonds is 9. The molecular formula is C30H30ClN3O4. The van der Waals surface area contributed by atoms with Crippen molar-refractivity contribution < 1.29 is 19.0 Å². The van der Waals surface area contributed by atoms with Crippen molar-refractivity contribution in [2.45, 2.75) is 32.4 Å². The molecule has 0 N–H and O–H groups in total. The summed E-state index contributed by atoms with van der Waals surface area (Å²) in [6.45, 7) is 3.40. The number of ether oxygens (including phenoxy) is 3. The molecule has 1 atom stereocenters. The molecule has 7 nitrogen and oxygen atoms in total. The van der Waals surface area contributed by atoms with E-state index in [0.29, 0.717) is 47.7 Å². The van der Waals surface area contributed by atoms with Crippen LogP contribution in [0.15, 0.2) is 78.9 Å². The number of halogens is 1. The first-order valence-electron chi connectivity index (χ1n) is 12.6. The van der Waals surface area contributed by atoms with E-state index in [1.165, 1.54) is 0 Å². The first-order valence-corrected chi connectivity index (χ1v) is 13.0. The number of methoxy groups -OCH3 is 1. The monoisotopic (exact) mass is 531 g/mol. The lowest BCUT2D eigenvalue weighted by molar-refractivity contribution is 0.0505. The summed E-state index contributed by atoms with van der Waals surface area (Å²) in [7, 11) is 1.61. The largest absolute Gasteiger partial charge is 0.493 e. The van der Waals surface area contributed by atoms with Gasteiger partial charge < -0.3 is 19.1 Å². The number of para-hydroxylation sites is 3. The minimum absolute atomic E-state index is 0.0192. The van der Waals surface area contributed by atoms with Crippen molar-refractivity contribution >= 4 is 17.5 Å². The Kier molecular flexibility index (Phi) is 7.96. The van der Waals surface area contributed by atoms with E-state index in [4.69, 9.17) is 30.9 Å². The highest BCUT2D eigenvalue weighted by atomic mass is 35.5. The van der Waals surface area contributed by atoms with Crippen LogP contribution in [0.4, 0.5) is 0 Å². The smallest absolute Gasteiger partial charge is 0.254 e. The number of aromatic nitrogens is 2. The van der Waals surface area contributed by atoms with Gasteiger partial charge in [-0.2, -0.15) is 5.10 Å². The lowest BCUT2D eigenvalue weighted by Crippen LogP contribution is -2.37. The predicted molar refractivity (Wildman–Crippen MR) is 147 cm³/mol. The minimum Gasteiger partial charge on any atom is -0.493 e. The van der Waals surface area contributed by atoms with Gasteiger partial charge in [0.25, 0.3) is 5.91 Å². The molecule has 3 aromatic carbocycles. The summed E-state index contributed by atoms with van der Waals surface area (Å²) in [5.41, 5.74) is 2.98. The highest BCUT2D eigenvalue weighted by Gasteiger charge is 2.28. The molecule has 0 unspecified atom stereocenters. The average Bonchev–Trinajstić information content (AvgIpc) is 3.57. The molecular weight excluding hydrogens is 502 g/mol. The number of carbonyl (C=O) groups is 1. The number of aryl methyl sites for hydroxylation is 1. The van der Waals surface area contributed by atoms with Crippen LogP contribution in [-0.4, -0.2) is 47.0 Å². The molecule has 1 amide bonds. The first kappa shape index (κ1) is 25.8. The van der Waals surface area contributed by atoms with E-state index in [-0.39, 0.29) is 12.0 Å². The molecule has 0 bridgehead atoms. The average molecular weight is 532 g/mol. The Morgan fingerprint density at radius 3 is 2.45 bits per heavy atom. The highest BCUT2D eigenvalue weighted by molar-refractivity contribution is 6.30. The normalized spacial score (nSPS) is 14.9.